The van der Waals surface area contributed by atoms with Crippen molar-refractivity contribution >= 4 is 5.78 Å². The Labute approximate surface area is 184 Å². The molecule has 4 rings (SSSR count). The second kappa shape index (κ2) is 9.67. The van der Waals surface area contributed by atoms with Gasteiger partial charge in [0.1, 0.15) is 11.8 Å². The number of aromatic nitrogens is 3. The summed E-state index contributed by atoms with van der Waals surface area (Å²) in [5.41, 5.74) is 3.65. The maximum absolute atomic E-state index is 12.1. The van der Waals surface area contributed by atoms with Crippen LogP contribution in [0.15, 0.2) is 63.6 Å². The van der Waals surface area contributed by atoms with Crippen LogP contribution in [0.1, 0.15) is 30.1 Å². The highest BCUT2D eigenvalue weighted by atomic mass is 16.5. The number of hydrogen-bond acceptors (Lipinski definition) is 8. The van der Waals surface area contributed by atoms with Crippen LogP contribution >= 0.6 is 0 Å². The molecule has 1 N–H and O–H groups in total. The Balaban J connectivity index is 1.50. The molecule has 0 saturated heterocycles. The van der Waals surface area contributed by atoms with Gasteiger partial charge in [-0.1, -0.05) is 64.9 Å². The highest BCUT2D eigenvalue weighted by Gasteiger charge is 2.22. The van der Waals surface area contributed by atoms with Gasteiger partial charge in [0, 0.05) is 36.8 Å². The number of ketones is 1. The van der Waals surface area contributed by atoms with Crippen LogP contribution in [0.25, 0.3) is 34.3 Å². The summed E-state index contributed by atoms with van der Waals surface area (Å²) in [5.74, 6) is 0.761. The van der Waals surface area contributed by atoms with Crippen LogP contribution in [0, 0.1) is 6.92 Å². The van der Waals surface area contributed by atoms with Crippen molar-refractivity contribution in [2.75, 3.05) is 13.7 Å². The summed E-state index contributed by atoms with van der Waals surface area (Å²) in [6, 6.07) is 16.5. The number of ether oxygens (including phenoxy) is 1. The summed E-state index contributed by atoms with van der Waals surface area (Å²) in [6.07, 6.45) is -0.342. The maximum Gasteiger partial charge on any atom is 0.297 e. The highest BCUT2D eigenvalue weighted by molar-refractivity contribution is 5.84. The van der Waals surface area contributed by atoms with Crippen LogP contribution in [0.5, 0.6) is 0 Å². The normalized spacial score (nSPS) is 12.1. The second-order valence-corrected chi connectivity index (χ2v) is 7.36. The van der Waals surface area contributed by atoms with Crippen LogP contribution in [-0.4, -0.2) is 39.9 Å². The van der Waals surface area contributed by atoms with Crippen LogP contribution < -0.4 is 0 Å². The minimum atomic E-state index is -1.17. The molecular formula is C24H23N3O5. The quantitative estimate of drug-likeness (QED) is 0.387. The molecule has 0 amide bonds. The zero-order chi connectivity index (χ0) is 22.5. The lowest BCUT2D eigenvalue weighted by Gasteiger charge is -2.10. The molecular weight excluding hydrogens is 410 g/mol. The van der Waals surface area contributed by atoms with Gasteiger partial charge in [0.05, 0.1) is 0 Å². The Bertz CT molecular complexity index is 1180. The lowest BCUT2D eigenvalue weighted by Crippen LogP contribution is -2.12. The fourth-order valence-corrected chi connectivity index (χ4v) is 3.36. The Morgan fingerprint density at radius 3 is 2.50 bits per heavy atom. The van der Waals surface area contributed by atoms with Crippen molar-refractivity contribution in [3.8, 4) is 34.3 Å². The number of hydrogen-bond donors (Lipinski definition) is 1. The number of Topliss-reactive ketones (excluding diaryl/α,β-unsaturated/α-hetero) is 1. The third kappa shape index (κ3) is 4.51. The first-order chi connectivity index (χ1) is 15.6. The summed E-state index contributed by atoms with van der Waals surface area (Å²) >= 11 is 0. The van der Waals surface area contributed by atoms with E-state index < -0.39 is 6.10 Å². The lowest BCUT2D eigenvalue weighted by molar-refractivity contribution is -0.127. The highest BCUT2D eigenvalue weighted by Crippen LogP contribution is 2.31. The summed E-state index contributed by atoms with van der Waals surface area (Å²) < 4.78 is 15.8. The van der Waals surface area contributed by atoms with E-state index in [4.69, 9.17) is 13.8 Å². The number of carbonyl (C=O) groups excluding carboxylic acids is 1. The first kappa shape index (κ1) is 21.6. The van der Waals surface area contributed by atoms with Crippen LogP contribution in [0.2, 0.25) is 0 Å². The Morgan fingerprint density at radius 1 is 1.03 bits per heavy atom. The Kier molecular flexibility index (Phi) is 6.53. The number of aliphatic hydroxyl groups excluding tert-OH is 1. The van der Waals surface area contributed by atoms with Crippen molar-refractivity contribution in [3.63, 3.8) is 0 Å². The fourth-order valence-electron chi connectivity index (χ4n) is 3.36. The SMILES string of the molecule is COCCCC(=O)C(O)c1ccc(-c2noc(-c3onc(-c4ccccc4)c3C)n2)cc1. The number of rotatable bonds is 9. The van der Waals surface area contributed by atoms with Gasteiger partial charge in [-0.05, 0) is 18.9 Å². The van der Waals surface area contributed by atoms with Crippen LogP contribution in [-0.2, 0) is 9.53 Å². The standard InChI is InChI=1S/C24H23N3O5/c1-15-20(16-7-4-3-5-8-16)26-31-22(15)24-25-23(27-32-24)18-12-10-17(11-13-18)21(29)19(28)9-6-14-30-2/h3-5,7-8,10-13,21,29H,6,9,14H2,1-2H3. The Hall–Kier alpha value is -3.62. The molecule has 2 aromatic heterocycles. The molecule has 0 radical (unpaired) electrons. The van der Waals surface area contributed by atoms with Gasteiger partial charge in [-0.2, -0.15) is 4.98 Å². The van der Waals surface area contributed by atoms with Crippen molar-refractivity contribution in [1.29, 1.82) is 0 Å². The number of methoxy groups -OCH3 is 1. The molecule has 0 saturated carbocycles. The van der Waals surface area contributed by atoms with E-state index in [9.17, 15) is 9.90 Å². The average molecular weight is 433 g/mol. The topological polar surface area (TPSA) is 111 Å². The van der Waals surface area contributed by atoms with Gasteiger partial charge < -0.3 is 18.9 Å². The summed E-state index contributed by atoms with van der Waals surface area (Å²) in [4.78, 5) is 16.5. The number of carbonyl (C=O) groups is 1. The lowest BCUT2D eigenvalue weighted by atomic mass is 10.0. The molecule has 164 valence electrons. The number of benzene rings is 2. The predicted molar refractivity (Wildman–Crippen MR) is 116 cm³/mol. The van der Waals surface area contributed by atoms with E-state index >= 15 is 0 Å². The van der Waals surface area contributed by atoms with E-state index in [1.165, 1.54) is 0 Å². The molecule has 0 spiro atoms. The summed E-state index contributed by atoms with van der Waals surface area (Å²) in [6.45, 7) is 2.37. The van der Waals surface area contributed by atoms with Gasteiger partial charge in [-0.3, -0.25) is 4.79 Å². The predicted octanol–water partition coefficient (Wildman–Crippen LogP) is 4.40. The molecule has 0 aliphatic carbocycles. The largest absolute Gasteiger partial charge is 0.385 e. The van der Waals surface area contributed by atoms with Crippen LogP contribution in [0.4, 0.5) is 0 Å². The van der Waals surface area contributed by atoms with Gasteiger partial charge in [0.2, 0.25) is 11.6 Å². The van der Waals surface area contributed by atoms with E-state index in [-0.39, 0.29) is 18.1 Å². The molecule has 4 aromatic rings. The second-order valence-electron chi connectivity index (χ2n) is 7.36. The van der Waals surface area contributed by atoms with E-state index in [0.717, 1.165) is 11.1 Å². The van der Waals surface area contributed by atoms with E-state index in [1.807, 2.05) is 37.3 Å². The smallest absolute Gasteiger partial charge is 0.297 e. The molecule has 8 nitrogen and oxygen atoms in total. The molecule has 2 aromatic carbocycles. The van der Waals surface area contributed by atoms with Gasteiger partial charge >= 0.3 is 0 Å². The molecule has 2 heterocycles. The minimum Gasteiger partial charge on any atom is -0.385 e. The van der Waals surface area contributed by atoms with Gasteiger partial charge in [0.25, 0.3) is 5.89 Å². The molecule has 0 aliphatic heterocycles. The van der Waals surface area contributed by atoms with Gasteiger partial charge in [-0.15, -0.1) is 0 Å². The minimum absolute atomic E-state index is 0.226. The molecule has 1 atom stereocenters. The van der Waals surface area contributed by atoms with Crippen molar-refractivity contribution in [1.82, 2.24) is 15.3 Å². The Morgan fingerprint density at radius 2 is 1.78 bits per heavy atom. The van der Waals surface area contributed by atoms with Crippen molar-refractivity contribution in [2.45, 2.75) is 25.9 Å². The monoisotopic (exact) mass is 433 g/mol. The zero-order valence-electron chi connectivity index (χ0n) is 17.8. The van der Waals surface area contributed by atoms with Crippen molar-refractivity contribution in [3.05, 3.63) is 65.7 Å². The van der Waals surface area contributed by atoms with E-state index in [1.54, 1.807) is 31.4 Å². The first-order valence-electron chi connectivity index (χ1n) is 10.2. The summed E-state index contributed by atoms with van der Waals surface area (Å²) in [7, 11) is 1.58. The third-order valence-electron chi connectivity index (χ3n) is 5.15. The van der Waals surface area contributed by atoms with Crippen LogP contribution in [0.3, 0.4) is 0 Å². The molecule has 0 bridgehead atoms. The third-order valence-corrected chi connectivity index (χ3v) is 5.15. The zero-order valence-corrected chi connectivity index (χ0v) is 17.8. The average Bonchev–Trinajstić information content (AvgIpc) is 3.46. The van der Waals surface area contributed by atoms with E-state index in [2.05, 4.69) is 15.3 Å². The summed E-state index contributed by atoms with van der Waals surface area (Å²) in [5, 5.41) is 18.4. The number of nitrogens with zero attached hydrogens (tertiary/aromatic N) is 3. The fraction of sp³-hybridized carbons (Fsp3) is 0.250. The van der Waals surface area contributed by atoms with Crippen molar-refractivity contribution in [2.24, 2.45) is 0 Å². The van der Waals surface area contributed by atoms with Crippen molar-refractivity contribution < 1.29 is 23.7 Å². The maximum atomic E-state index is 12.1. The van der Waals surface area contributed by atoms with Gasteiger partial charge in [0.15, 0.2) is 5.78 Å². The molecule has 32 heavy (non-hydrogen) atoms. The van der Waals surface area contributed by atoms with Gasteiger partial charge in [-0.25, -0.2) is 0 Å². The molecule has 1 unspecified atom stereocenters. The molecule has 8 heteroatoms. The first-order valence-corrected chi connectivity index (χ1v) is 10.2. The number of aliphatic hydroxyl groups is 1. The van der Waals surface area contributed by atoms with E-state index in [0.29, 0.717) is 41.4 Å². The molecule has 0 fully saturated rings. The molecule has 0 aliphatic rings.